The smallest absolute Gasteiger partial charge is 0.410 e. The molecule has 0 aliphatic carbocycles. The van der Waals surface area contributed by atoms with Crippen molar-refractivity contribution < 1.29 is 14.3 Å². The molecule has 32 heavy (non-hydrogen) atoms. The molecule has 0 atom stereocenters. The maximum Gasteiger partial charge on any atom is 0.410 e. The number of Topliss-reactive ketones (excluding diaryl/α,β-unsaturated/α-hetero) is 1. The van der Waals surface area contributed by atoms with E-state index in [9.17, 15) is 9.59 Å². The molecule has 1 saturated heterocycles. The molecule has 0 unspecified atom stereocenters. The van der Waals surface area contributed by atoms with Crippen LogP contribution in [0.3, 0.4) is 0 Å². The molecular formula is C26H29N3O3. The molecule has 0 radical (unpaired) electrons. The summed E-state index contributed by atoms with van der Waals surface area (Å²) in [4.78, 5) is 32.1. The number of benzene rings is 2. The first-order chi connectivity index (χ1) is 15.3. The van der Waals surface area contributed by atoms with Gasteiger partial charge in [-0.15, -0.1) is 0 Å². The van der Waals surface area contributed by atoms with E-state index in [0.29, 0.717) is 31.8 Å². The summed E-state index contributed by atoms with van der Waals surface area (Å²) in [5, 5.41) is 0. The molecule has 1 fully saturated rings. The van der Waals surface area contributed by atoms with E-state index in [1.54, 1.807) is 4.90 Å². The van der Waals surface area contributed by atoms with Gasteiger partial charge in [-0.25, -0.2) is 9.78 Å². The normalized spacial score (nSPS) is 15.4. The highest BCUT2D eigenvalue weighted by Crippen LogP contribution is 2.26. The molecule has 1 aromatic heterocycles. The van der Waals surface area contributed by atoms with Crippen LogP contribution < -0.4 is 0 Å². The number of ether oxygens (including phenoxy) is 1. The SMILES string of the molecule is CC(C)(C)OC(=O)N1CCC(C(=O)c2nc3ccccc3n2/C=C\c2ccccc2)CC1. The van der Waals surface area contributed by atoms with E-state index in [2.05, 4.69) is 4.98 Å². The number of imidazole rings is 1. The van der Waals surface area contributed by atoms with Crippen LogP contribution in [0.15, 0.2) is 54.6 Å². The molecule has 0 spiro atoms. The van der Waals surface area contributed by atoms with Crippen molar-refractivity contribution in [3.05, 3.63) is 66.0 Å². The second kappa shape index (κ2) is 8.99. The maximum atomic E-state index is 13.5. The second-order valence-electron chi connectivity index (χ2n) is 9.13. The first-order valence-corrected chi connectivity index (χ1v) is 11.0. The average Bonchev–Trinajstić information content (AvgIpc) is 3.15. The number of nitrogens with zero attached hydrogens (tertiary/aromatic N) is 3. The number of rotatable bonds is 4. The zero-order valence-corrected chi connectivity index (χ0v) is 18.8. The second-order valence-corrected chi connectivity index (χ2v) is 9.13. The van der Waals surface area contributed by atoms with Crippen LogP contribution in [0.4, 0.5) is 4.79 Å². The lowest BCUT2D eigenvalue weighted by molar-refractivity contribution is 0.0182. The Bertz CT molecular complexity index is 1130. The van der Waals surface area contributed by atoms with E-state index in [0.717, 1.165) is 16.6 Å². The van der Waals surface area contributed by atoms with Crippen molar-refractivity contribution in [2.75, 3.05) is 13.1 Å². The molecule has 0 N–H and O–H groups in total. The molecule has 6 heteroatoms. The van der Waals surface area contributed by atoms with Crippen LogP contribution in [0.1, 0.15) is 49.8 Å². The van der Waals surface area contributed by atoms with Gasteiger partial charge in [0.1, 0.15) is 5.60 Å². The summed E-state index contributed by atoms with van der Waals surface area (Å²) in [6.45, 7) is 6.58. The number of ketones is 1. The third-order valence-corrected chi connectivity index (χ3v) is 5.55. The van der Waals surface area contributed by atoms with Gasteiger partial charge in [0.15, 0.2) is 5.82 Å². The fourth-order valence-corrected chi connectivity index (χ4v) is 3.93. The maximum absolute atomic E-state index is 13.5. The Balaban J connectivity index is 1.54. The van der Waals surface area contributed by atoms with Crippen molar-refractivity contribution in [1.82, 2.24) is 14.5 Å². The number of hydrogen-bond donors (Lipinski definition) is 0. The standard InChI is InChI=1S/C26H29N3O3/c1-26(2,3)32-25(31)28-16-14-20(15-17-28)23(30)24-27-21-11-7-8-12-22(21)29(24)18-13-19-9-5-4-6-10-19/h4-13,18,20H,14-17H2,1-3H3/b18-13-. The fraction of sp³-hybridized carbons (Fsp3) is 0.346. The molecule has 0 saturated carbocycles. The van der Waals surface area contributed by atoms with Gasteiger partial charge in [0.25, 0.3) is 0 Å². The van der Waals surface area contributed by atoms with Crippen LogP contribution in [0.5, 0.6) is 0 Å². The summed E-state index contributed by atoms with van der Waals surface area (Å²) in [5.74, 6) is 0.284. The molecule has 4 rings (SSSR count). The van der Waals surface area contributed by atoms with E-state index in [1.165, 1.54) is 0 Å². The zero-order chi connectivity index (χ0) is 22.7. The summed E-state index contributed by atoms with van der Waals surface area (Å²) in [5.41, 5.74) is 2.21. The fourth-order valence-electron chi connectivity index (χ4n) is 3.93. The number of hydrogen-bond acceptors (Lipinski definition) is 4. The lowest BCUT2D eigenvalue weighted by atomic mass is 9.92. The van der Waals surface area contributed by atoms with Crippen molar-refractivity contribution in [3.8, 4) is 0 Å². The van der Waals surface area contributed by atoms with Gasteiger partial charge in [-0.2, -0.15) is 0 Å². The van der Waals surface area contributed by atoms with E-state index in [4.69, 9.17) is 4.74 Å². The lowest BCUT2D eigenvalue weighted by Crippen LogP contribution is -2.43. The van der Waals surface area contributed by atoms with Gasteiger partial charge < -0.3 is 9.64 Å². The third-order valence-electron chi connectivity index (χ3n) is 5.55. The van der Waals surface area contributed by atoms with Gasteiger partial charge in [0.05, 0.1) is 11.0 Å². The van der Waals surface area contributed by atoms with E-state index >= 15 is 0 Å². The Kier molecular flexibility index (Phi) is 6.12. The number of carbonyl (C=O) groups is 2. The summed E-state index contributed by atoms with van der Waals surface area (Å²) >= 11 is 0. The van der Waals surface area contributed by atoms with Crippen molar-refractivity contribution in [2.45, 2.75) is 39.2 Å². The van der Waals surface area contributed by atoms with Crippen LogP contribution in [0.25, 0.3) is 23.3 Å². The molecule has 166 valence electrons. The van der Waals surface area contributed by atoms with Gasteiger partial charge >= 0.3 is 6.09 Å². The molecule has 2 heterocycles. The molecule has 1 amide bonds. The van der Waals surface area contributed by atoms with Crippen LogP contribution in [-0.4, -0.2) is 45.0 Å². The zero-order valence-electron chi connectivity index (χ0n) is 18.8. The number of aromatic nitrogens is 2. The van der Waals surface area contributed by atoms with Crippen LogP contribution >= 0.6 is 0 Å². The summed E-state index contributed by atoms with van der Waals surface area (Å²) in [7, 11) is 0. The Hall–Kier alpha value is -3.41. The van der Waals surface area contributed by atoms with E-state index in [1.807, 2.05) is 92.2 Å². The number of likely N-dealkylation sites (tertiary alicyclic amines) is 1. The summed E-state index contributed by atoms with van der Waals surface area (Å²) < 4.78 is 7.35. The minimum atomic E-state index is -0.528. The third kappa shape index (κ3) is 4.90. The molecule has 6 nitrogen and oxygen atoms in total. The minimum absolute atomic E-state index is 0.0164. The predicted molar refractivity (Wildman–Crippen MR) is 126 cm³/mol. The highest BCUT2D eigenvalue weighted by Gasteiger charge is 2.32. The summed E-state index contributed by atoms with van der Waals surface area (Å²) in [6, 6.07) is 17.7. The number of para-hydroxylation sites is 2. The van der Waals surface area contributed by atoms with Gasteiger partial charge in [-0.05, 0) is 57.4 Å². The Morgan fingerprint density at radius 3 is 2.34 bits per heavy atom. The summed E-state index contributed by atoms with van der Waals surface area (Å²) in [6.07, 6.45) is 4.78. The molecule has 3 aromatic rings. The Morgan fingerprint density at radius 2 is 1.66 bits per heavy atom. The van der Waals surface area contributed by atoms with Crippen molar-refractivity contribution in [2.24, 2.45) is 5.92 Å². The topological polar surface area (TPSA) is 64.4 Å². The quantitative estimate of drug-likeness (QED) is 0.512. The van der Waals surface area contributed by atoms with Gasteiger partial charge in [-0.1, -0.05) is 42.5 Å². The van der Waals surface area contributed by atoms with Crippen molar-refractivity contribution >= 4 is 35.2 Å². The van der Waals surface area contributed by atoms with E-state index < -0.39 is 5.60 Å². The molecule has 1 aliphatic rings. The molecule has 1 aliphatic heterocycles. The Morgan fingerprint density at radius 1 is 1.00 bits per heavy atom. The van der Waals surface area contributed by atoms with E-state index in [-0.39, 0.29) is 17.8 Å². The minimum Gasteiger partial charge on any atom is -0.444 e. The highest BCUT2D eigenvalue weighted by molar-refractivity contribution is 5.99. The number of fused-ring (bicyclic) bond motifs is 1. The van der Waals surface area contributed by atoms with Crippen molar-refractivity contribution in [3.63, 3.8) is 0 Å². The largest absolute Gasteiger partial charge is 0.444 e. The average molecular weight is 432 g/mol. The number of piperidine rings is 1. The first-order valence-electron chi connectivity index (χ1n) is 11.0. The monoisotopic (exact) mass is 431 g/mol. The van der Waals surface area contributed by atoms with Gasteiger partial charge in [0.2, 0.25) is 5.78 Å². The molecule has 2 aromatic carbocycles. The highest BCUT2D eigenvalue weighted by atomic mass is 16.6. The predicted octanol–water partition coefficient (Wildman–Crippen LogP) is 5.49. The van der Waals surface area contributed by atoms with Crippen molar-refractivity contribution in [1.29, 1.82) is 0 Å². The van der Waals surface area contributed by atoms with Crippen LogP contribution in [-0.2, 0) is 4.74 Å². The number of amides is 1. The molecule has 0 bridgehead atoms. The van der Waals surface area contributed by atoms with Crippen LogP contribution in [0, 0.1) is 5.92 Å². The van der Waals surface area contributed by atoms with Gasteiger partial charge in [-0.3, -0.25) is 9.36 Å². The number of carbonyl (C=O) groups excluding carboxylic acids is 2. The first kappa shape index (κ1) is 21.8. The molecular weight excluding hydrogens is 402 g/mol. The van der Waals surface area contributed by atoms with Gasteiger partial charge in [0, 0.05) is 25.2 Å². The van der Waals surface area contributed by atoms with Crippen LogP contribution in [0.2, 0.25) is 0 Å². The lowest BCUT2D eigenvalue weighted by Gasteiger charge is -2.32. The Labute approximate surface area is 188 Å².